The van der Waals surface area contributed by atoms with Crippen molar-refractivity contribution in [2.45, 2.75) is 0 Å². The zero-order valence-electron chi connectivity index (χ0n) is 18.0. The minimum Gasteiger partial charge on any atom is -0.258 e. The van der Waals surface area contributed by atoms with Gasteiger partial charge in [-0.2, -0.15) is 0 Å². The van der Waals surface area contributed by atoms with Gasteiger partial charge in [0.25, 0.3) is 22.7 Å². The van der Waals surface area contributed by atoms with Crippen molar-refractivity contribution in [2.24, 2.45) is 0 Å². The van der Waals surface area contributed by atoms with E-state index in [0.717, 1.165) is 0 Å². The average Bonchev–Trinajstić information content (AvgIpc) is 2.86. The SMILES string of the molecule is O=[N+]([O-])c1ccc2c(c1)-c1cc([N+](=O)[O-])ccc1-c1ccc([N+](=O)[O-])cc1-c1cc([N+](=O)[O-])ccc1-2. The topological polar surface area (TPSA) is 173 Å². The second-order valence-corrected chi connectivity index (χ2v) is 7.95. The highest BCUT2D eigenvalue weighted by atomic mass is 16.6. The number of rotatable bonds is 4. The second kappa shape index (κ2) is 8.06. The van der Waals surface area contributed by atoms with Crippen LogP contribution in [0.1, 0.15) is 0 Å². The molecule has 0 atom stereocenters. The molecule has 0 spiro atoms. The van der Waals surface area contributed by atoms with E-state index in [1.165, 1.54) is 72.8 Å². The van der Waals surface area contributed by atoms with Crippen molar-refractivity contribution in [3.63, 3.8) is 0 Å². The van der Waals surface area contributed by atoms with E-state index < -0.39 is 19.7 Å². The zero-order chi connectivity index (χ0) is 25.7. The normalized spacial score (nSPS) is 11.1. The zero-order valence-corrected chi connectivity index (χ0v) is 18.0. The minimum absolute atomic E-state index is 0.251. The Balaban J connectivity index is 1.98. The lowest BCUT2D eigenvalue weighted by atomic mass is 9.80. The van der Waals surface area contributed by atoms with Crippen LogP contribution in [0.15, 0.2) is 72.8 Å². The molecule has 1 aliphatic carbocycles. The molecule has 5 rings (SSSR count). The molecule has 0 saturated heterocycles. The van der Waals surface area contributed by atoms with Gasteiger partial charge in [0.05, 0.1) is 19.7 Å². The van der Waals surface area contributed by atoms with Crippen molar-refractivity contribution in [1.29, 1.82) is 0 Å². The summed E-state index contributed by atoms with van der Waals surface area (Å²) in [5, 5.41) is 46.2. The summed E-state index contributed by atoms with van der Waals surface area (Å²) >= 11 is 0. The van der Waals surface area contributed by atoms with Crippen LogP contribution in [0.5, 0.6) is 0 Å². The molecule has 0 aliphatic heterocycles. The maximum absolute atomic E-state index is 11.6. The number of nitrogens with zero attached hydrogens (tertiary/aromatic N) is 4. The summed E-state index contributed by atoms with van der Waals surface area (Å²) in [4.78, 5) is 43.8. The molecule has 4 aromatic carbocycles. The lowest BCUT2D eigenvalue weighted by molar-refractivity contribution is -0.385. The van der Waals surface area contributed by atoms with Gasteiger partial charge in [0.1, 0.15) is 0 Å². The Bertz CT molecular complexity index is 1420. The highest BCUT2D eigenvalue weighted by Crippen LogP contribution is 2.50. The van der Waals surface area contributed by atoms with Crippen LogP contribution in [0.3, 0.4) is 0 Å². The fraction of sp³-hybridized carbons (Fsp3) is 0. The van der Waals surface area contributed by atoms with Crippen molar-refractivity contribution in [3.8, 4) is 44.5 Å². The summed E-state index contributed by atoms with van der Waals surface area (Å²) < 4.78 is 0. The van der Waals surface area contributed by atoms with Gasteiger partial charge in [0.2, 0.25) is 0 Å². The number of non-ortho nitro benzene ring substituents is 4. The lowest BCUT2D eigenvalue weighted by Gasteiger charge is -2.22. The maximum Gasteiger partial charge on any atom is 0.270 e. The van der Waals surface area contributed by atoms with Crippen molar-refractivity contribution >= 4 is 22.7 Å². The molecule has 12 nitrogen and oxygen atoms in total. The predicted octanol–water partition coefficient (Wildman–Crippen LogP) is 6.30. The van der Waals surface area contributed by atoms with Gasteiger partial charge < -0.3 is 0 Å². The van der Waals surface area contributed by atoms with Crippen LogP contribution >= 0.6 is 0 Å². The first-order chi connectivity index (χ1) is 17.2. The van der Waals surface area contributed by atoms with Crippen LogP contribution in [0.2, 0.25) is 0 Å². The van der Waals surface area contributed by atoms with E-state index in [-0.39, 0.29) is 22.7 Å². The largest absolute Gasteiger partial charge is 0.270 e. The van der Waals surface area contributed by atoms with E-state index in [9.17, 15) is 40.5 Å². The van der Waals surface area contributed by atoms with E-state index in [1.54, 1.807) is 0 Å². The van der Waals surface area contributed by atoms with Gasteiger partial charge in [-0.25, -0.2) is 0 Å². The van der Waals surface area contributed by atoms with E-state index >= 15 is 0 Å². The monoisotopic (exact) mass is 484 g/mol. The molecular formula is C24H12N4O8. The van der Waals surface area contributed by atoms with E-state index in [4.69, 9.17) is 0 Å². The molecule has 12 heteroatoms. The van der Waals surface area contributed by atoms with Gasteiger partial charge in [-0.15, -0.1) is 0 Å². The smallest absolute Gasteiger partial charge is 0.258 e. The Kier molecular flexibility index (Phi) is 4.99. The molecule has 0 unspecified atom stereocenters. The first-order valence-electron chi connectivity index (χ1n) is 10.3. The molecular weight excluding hydrogens is 472 g/mol. The van der Waals surface area contributed by atoms with Gasteiger partial charge in [0, 0.05) is 48.5 Å². The van der Waals surface area contributed by atoms with E-state index in [1.807, 2.05) is 0 Å². The third kappa shape index (κ3) is 3.49. The van der Waals surface area contributed by atoms with Crippen molar-refractivity contribution in [2.75, 3.05) is 0 Å². The summed E-state index contributed by atoms with van der Waals surface area (Å²) in [6, 6.07) is 16.1. The van der Waals surface area contributed by atoms with Crippen LogP contribution in [-0.4, -0.2) is 19.7 Å². The van der Waals surface area contributed by atoms with Gasteiger partial charge >= 0.3 is 0 Å². The molecule has 4 aromatic rings. The number of hydrogen-bond acceptors (Lipinski definition) is 8. The predicted molar refractivity (Wildman–Crippen MR) is 128 cm³/mol. The Morgan fingerprint density at radius 2 is 0.528 bits per heavy atom. The van der Waals surface area contributed by atoms with E-state index in [2.05, 4.69) is 0 Å². The third-order valence-electron chi connectivity index (χ3n) is 6.02. The first-order valence-corrected chi connectivity index (χ1v) is 10.3. The standard InChI is InChI=1S/C24H12N4O8/c29-25(30)13-1-5-17-18-6-2-14(26(31)32)10-22(18)24-12-16(28(35)36)4-8-20(24)19-7-3-15(27(33)34)11-23(19)21(17)9-13/h1-12H. The summed E-state index contributed by atoms with van der Waals surface area (Å²) in [5.41, 5.74) is 1.91. The summed E-state index contributed by atoms with van der Waals surface area (Å²) in [6.45, 7) is 0. The third-order valence-corrected chi connectivity index (χ3v) is 6.02. The Morgan fingerprint density at radius 3 is 0.694 bits per heavy atom. The van der Waals surface area contributed by atoms with E-state index in [0.29, 0.717) is 44.5 Å². The number of fused-ring (bicyclic) bond motifs is 8. The Labute approximate surface area is 200 Å². The van der Waals surface area contributed by atoms with Crippen molar-refractivity contribution < 1.29 is 19.7 Å². The highest BCUT2D eigenvalue weighted by molar-refractivity contribution is 6.04. The molecule has 0 bridgehead atoms. The second-order valence-electron chi connectivity index (χ2n) is 7.95. The Morgan fingerprint density at radius 1 is 0.333 bits per heavy atom. The summed E-state index contributed by atoms with van der Waals surface area (Å²) in [6.07, 6.45) is 0. The molecule has 1 aliphatic rings. The molecule has 36 heavy (non-hydrogen) atoms. The summed E-state index contributed by atoms with van der Waals surface area (Å²) in [7, 11) is 0. The van der Waals surface area contributed by atoms with Crippen LogP contribution in [0, 0.1) is 40.5 Å². The quantitative estimate of drug-likeness (QED) is 0.211. The molecule has 0 aromatic heterocycles. The Hall–Kier alpha value is -5.52. The number of nitro benzene ring substituents is 4. The summed E-state index contributed by atoms with van der Waals surface area (Å²) in [5.74, 6) is 0. The number of nitro groups is 4. The molecule has 0 fully saturated rings. The van der Waals surface area contributed by atoms with Crippen molar-refractivity contribution in [1.82, 2.24) is 0 Å². The minimum atomic E-state index is -0.593. The molecule has 0 saturated carbocycles. The molecule has 176 valence electrons. The van der Waals surface area contributed by atoms with Crippen LogP contribution < -0.4 is 0 Å². The molecule has 0 amide bonds. The van der Waals surface area contributed by atoms with Crippen LogP contribution in [0.25, 0.3) is 44.5 Å². The first kappa shape index (κ1) is 22.3. The van der Waals surface area contributed by atoms with Crippen LogP contribution in [0.4, 0.5) is 22.7 Å². The molecule has 0 N–H and O–H groups in total. The molecule has 0 radical (unpaired) electrons. The van der Waals surface area contributed by atoms with Gasteiger partial charge in [0.15, 0.2) is 0 Å². The number of benzene rings is 4. The van der Waals surface area contributed by atoms with Crippen LogP contribution in [-0.2, 0) is 0 Å². The van der Waals surface area contributed by atoms with Gasteiger partial charge in [-0.3, -0.25) is 40.5 Å². The molecule has 0 heterocycles. The lowest BCUT2D eigenvalue weighted by Crippen LogP contribution is -2.01. The van der Waals surface area contributed by atoms with Gasteiger partial charge in [-0.1, -0.05) is 0 Å². The van der Waals surface area contributed by atoms with Crippen molar-refractivity contribution in [3.05, 3.63) is 113 Å². The fourth-order valence-electron chi connectivity index (χ4n) is 4.41. The van der Waals surface area contributed by atoms with Gasteiger partial charge in [-0.05, 0) is 68.8 Å². The highest BCUT2D eigenvalue weighted by Gasteiger charge is 2.28. The number of hydrogen-bond donors (Lipinski definition) is 0. The maximum atomic E-state index is 11.6. The fourth-order valence-corrected chi connectivity index (χ4v) is 4.41. The average molecular weight is 484 g/mol.